The summed E-state index contributed by atoms with van der Waals surface area (Å²) in [6.07, 6.45) is 0. The minimum absolute atomic E-state index is 0.124. The van der Waals surface area contributed by atoms with Crippen LogP contribution in [-0.2, 0) is 9.59 Å². The van der Waals surface area contributed by atoms with Crippen LogP contribution >= 0.6 is 0 Å². The summed E-state index contributed by atoms with van der Waals surface area (Å²) in [6.45, 7) is 3.79. The Hall–Kier alpha value is -3.38. The second-order valence-electron chi connectivity index (χ2n) is 6.94. The number of quaternary nitrogens is 1. The lowest BCUT2D eigenvalue weighted by molar-refractivity contribution is -0.682. The zero-order valence-electron chi connectivity index (χ0n) is 16.9. The van der Waals surface area contributed by atoms with Crippen LogP contribution in [0, 0.1) is 0 Å². The van der Waals surface area contributed by atoms with Gasteiger partial charge in [-0.15, -0.1) is 0 Å². The summed E-state index contributed by atoms with van der Waals surface area (Å²) in [5.74, 6) is 0.217. The molecule has 0 unspecified atom stereocenters. The highest BCUT2D eigenvalue weighted by Gasteiger charge is 2.15. The van der Waals surface area contributed by atoms with E-state index in [1.165, 1.54) is 30.4 Å². The summed E-state index contributed by atoms with van der Waals surface area (Å²) in [7, 11) is 1.54. The molecule has 6 nitrogen and oxygen atoms in total. The summed E-state index contributed by atoms with van der Waals surface area (Å²) in [4.78, 5) is 23.8. The summed E-state index contributed by atoms with van der Waals surface area (Å²) < 4.78 is 5.31. The molecule has 0 saturated heterocycles. The third-order valence-corrected chi connectivity index (χ3v) is 4.76. The zero-order chi connectivity index (χ0) is 20.8. The van der Waals surface area contributed by atoms with E-state index in [4.69, 9.17) is 4.74 Å². The molecule has 29 heavy (non-hydrogen) atoms. The monoisotopic (exact) mass is 392 g/mol. The molecule has 1 atom stereocenters. The number of nitrogens with two attached hydrogens (primary N) is 1. The van der Waals surface area contributed by atoms with Gasteiger partial charge in [0.15, 0.2) is 6.54 Å². The van der Waals surface area contributed by atoms with E-state index >= 15 is 0 Å². The molecule has 2 amide bonds. The Labute approximate surface area is 170 Å². The molecule has 0 saturated carbocycles. The van der Waals surface area contributed by atoms with Crippen LogP contribution in [0.3, 0.4) is 0 Å². The first-order valence-electron chi connectivity index (χ1n) is 9.54. The van der Waals surface area contributed by atoms with E-state index in [2.05, 4.69) is 41.8 Å². The third-order valence-electron chi connectivity index (χ3n) is 4.76. The zero-order valence-corrected chi connectivity index (χ0v) is 16.9. The van der Waals surface area contributed by atoms with Crippen LogP contribution in [0.5, 0.6) is 5.75 Å². The Morgan fingerprint density at radius 2 is 1.79 bits per heavy atom. The number of ether oxygens (including phenoxy) is 1. The van der Waals surface area contributed by atoms with Gasteiger partial charge >= 0.3 is 0 Å². The molecule has 0 bridgehead atoms. The maximum atomic E-state index is 12.5. The van der Waals surface area contributed by atoms with E-state index in [1.807, 2.05) is 23.5 Å². The number of hydrogen-bond donors (Lipinski definition) is 3. The SMILES string of the molecule is COc1ccc(NC(C)=O)cc1NC(=O)C[NH2+][C@@H](C)c1cccc2ccccc12. The highest BCUT2D eigenvalue weighted by molar-refractivity contribution is 5.95. The molecule has 0 aliphatic carbocycles. The van der Waals surface area contributed by atoms with Crippen LogP contribution in [0.25, 0.3) is 10.8 Å². The molecule has 0 radical (unpaired) electrons. The van der Waals surface area contributed by atoms with E-state index in [0.717, 1.165) is 0 Å². The first-order chi connectivity index (χ1) is 14.0. The topological polar surface area (TPSA) is 84.0 Å². The molecule has 0 aliphatic heterocycles. The minimum Gasteiger partial charge on any atom is -0.495 e. The van der Waals surface area contributed by atoms with Gasteiger partial charge in [0.1, 0.15) is 11.8 Å². The van der Waals surface area contributed by atoms with Crippen molar-refractivity contribution in [1.29, 1.82) is 0 Å². The van der Waals surface area contributed by atoms with Crippen molar-refractivity contribution >= 4 is 34.0 Å². The van der Waals surface area contributed by atoms with Crippen LogP contribution in [-0.4, -0.2) is 25.5 Å². The molecule has 6 heteroatoms. The molecule has 4 N–H and O–H groups in total. The molecule has 0 aromatic heterocycles. The van der Waals surface area contributed by atoms with Crippen molar-refractivity contribution in [1.82, 2.24) is 0 Å². The Morgan fingerprint density at radius 3 is 2.55 bits per heavy atom. The van der Waals surface area contributed by atoms with Gasteiger partial charge < -0.3 is 20.7 Å². The van der Waals surface area contributed by atoms with Gasteiger partial charge in [0.25, 0.3) is 5.91 Å². The fourth-order valence-electron chi connectivity index (χ4n) is 3.35. The number of benzene rings is 3. The van der Waals surface area contributed by atoms with Crippen LogP contribution in [0.4, 0.5) is 11.4 Å². The number of amides is 2. The number of fused-ring (bicyclic) bond motifs is 1. The predicted molar refractivity (Wildman–Crippen MR) is 115 cm³/mol. The molecule has 150 valence electrons. The average molecular weight is 392 g/mol. The molecule has 3 aromatic carbocycles. The molecule has 3 rings (SSSR count). The van der Waals surface area contributed by atoms with Gasteiger partial charge in [0, 0.05) is 18.2 Å². The maximum Gasteiger partial charge on any atom is 0.279 e. The van der Waals surface area contributed by atoms with Crippen molar-refractivity contribution in [3.63, 3.8) is 0 Å². The quantitative estimate of drug-likeness (QED) is 0.578. The molecular formula is C23H26N3O3+. The molecule has 0 aliphatic rings. The number of rotatable bonds is 7. The van der Waals surface area contributed by atoms with Gasteiger partial charge in [0.2, 0.25) is 5.91 Å². The van der Waals surface area contributed by atoms with Gasteiger partial charge in [-0.3, -0.25) is 9.59 Å². The molecule has 0 spiro atoms. The van der Waals surface area contributed by atoms with Crippen LogP contribution in [0.2, 0.25) is 0 Å². The van der Waals surface area contributed by atoms with Crippen molar-refractivity contribution in [2.45, 2.75) is 19.9 Å². The van der Waals surface area contributed by atoms with Gasteiger partial charge in [-0.1, -0.05) is 42.5 Å². The van der Waals surface area contributed by atoms with Crippen molar-refractivity contribution in [2.75, 3.05) is 24.3 Å². The van der Waals surface area contributed by atoms with Gasteiger partial charge in [-0.05, 0) is 35.9 Å². The average Bonchev–Trinajstić information content (AvgIpc) is 2.71. The van der Waals surface area contributed by atoms with Crippen molar-refractivity contribution < 1.29 is 19.6 Å². The molecule has 0 heterocycles. The van der Waals surface area contributed by atoms with Crippen molar-refractivity contribution in [3.05, 3.63) is 66.2 Å². The lowest BCUT2D eigenvalue weighted by Crippen LogP contribution is -2.86. The molecular weight excluding hydrogens is 366 g/mol. The third kappa shape index (κ3) is 5.12. The van der Waals surface area contributed by atoms with Crippen molar-refractivity contribution in [2.24, 2.45) is 0 Å². The largest absolute Gasteiger partial charge is 0.495 e. The number of anilines is 2. The van der Waals surface area contributed by atoms with Crippen LogP contribution < -0.4 is 20.7 Å². The van der Waals surface area contributed by atoms with E-state index in [1.54, 1.807) is 18.2 Å². The smallest absolute Gasteiger partial charge is 0.279 e. The first kappa shape index (κ1) is 20.4. The summed E-state index contributed by atoms with van der Waals surface area (Å²) in [5, 5.41) is 9.97. The van der Waals surface area contributed by atoms with E-state index < -0.39 is 0 Å². The van der Waals surface area contributed by atoms with E-state index in [9.17, 15) is 9.59 Å². The fourth-order valence-corrected chi connectivity index (χ4v) is 3.35. The summed E-state index contributed by atoms with van der Waals surface area (Å²) >= 11 is 0. The normalized spacial score (nSPS) is 11.7. The Bertz CT molecular complexity index is 1030. The second-order valence-corrected chi connectivity index (χ2v) is 6.94. The van der Waals surface area contributed by atoms with Crippen LogP contribution in [0.15, 0.2) is 60.7 Å². The predicted octanol–water partition coefficient (Wildman–Crippen LogP) is 3.07. The van der Waals surface area contributed by atoms with Crippen molar-refractivity contribution in [3.8, 4) is 5.75 Å². The van der Waals surface area contributed by atoms with Crippen LogP contribution in [0.1, 0.15) is 25.5 Å². The maximum absolute atomic E-state index is 12.5. The molecule has 3 aromatic rings. The number of hydrogen-bond acceptors (Lipinski definition) is 3. The standard InChI is InChI=1S/C23H25N3O3/c1-15(19-10-6-8-17-7-4-5-9-20(17)19)24-14-23(28)26-21-13-18(25-16(2)27)11-12-22(21)29-3/h4-13,15,24H,14H2,1-3H3,(H,25,27)(H,26,28)/p+1/t15-/m0/s1. The number of methoxy groups -OCH3 is 1. The number of carbonyl (C=O) groups excluding carboxylic acids is 2. The fraction of sp³-hybridized carbons (Fsp3) is 0.217. The van der Waals surface area contributed by atoms with Gasteiger partial charge in [-0.2, -0.15) is 0 Å². The first-order valence-corrected chi connectivity index (χ1v) is 9.54. The number of carbonyl (C=O) groups is 2. The van der Waals surface area contributed by atoms with E-state index in [-0.39, 0.29) is 24.4 Å². The summed E-state index contributed by atoms with van der Waals surface area (Å²) in [5.41, 5.74) is 2.32. The van der Waals surface area contributed by atoms with Gasteiger partial charge in [0.05, 0.1) is 12.8 Å². The lowest BCUT2D eigenvalue weighted by atomic mass is 10.00. The number of nitrogens with one attached hydrogen (secondary N) is 2. The second kappa shape index (κ2) is 9.21. The highest BCUT2D eigenvalue weighted by Crippen LogP contribution is 2.28. The minimum atomic E-state index is -0.176. The van der Waals surface area contributed by atoms with Gasteiger partial charge in [-0.25, -0.2) is 0 Å². The van der Waals surface area contributed by atoms with E-state index in [0.29, 0.717) is 17.1 Å². The lowest BCUT2D eigenvalue weighted by Gasteiger charge is -2.15. The summed E-state index contributed by atoms with van der Waals surface area (Å²) in [6, 6.07) is 19.7. The Kier molecular flexibility index (Phi) is 6.46. The Balaban J connectivity index is 1.67. The Morgan fingerprint density at radius 1 is 1.03 bits per heavy atom. The molecule has 0 fully saturated rings. The highest BCUT2D eigenvalue weighted by atomic mass is 16.5.